The van der Waals surface area contributed by atoms with Gasteiger partial charge in [0.2, 0.25) is 0 Å². The summed E-state index contributed by atoms with van der Waals surface area (Å²) < 4.78 is 15.0. The van der Waals surface area contributed by atoms with Crippen molar-refractivity contribution >= 4 is 30.3 Å². The van der Waals surface area contributed by atoms with Gasteiger partial charge in [-0.15, -0.1) is 5.01 Å². The van der Waals surface area contributed by atoms with Gasteiger partial charge in [0.15, 0.2) is 0 Å². The number of benzene rings is 3. The number of carbonyl (C=O) groups is 5. The van der Waals surface area contributed by atoms with Crippen LogP contribution in [0.25, 0.3) is 0 Å². The van der Waals surface area contributed by atoms with Gasteiger partial charge in [-0.1, -0.05) is 91.0 Å². The van der Waals surface area contributed by atoms with Crippen LogP contribution in [0, 0.1) is 0 Å². The molecule has 0 fully saturated rings. The van der Waals surface area contributed by atoms with E-state index in [0.29, 0.717) is 29.1 Å². The molecule has 15 nitrogen and oxygen atoms in total. The number of ether oxygens (including phenoxy) is 3. The number of urea groups is 1. The summed E-state index contributed by atoms with van der Waals surface area (Å²) in [5, 5.41) is 11.5. The SMILES string of the molecule is NCCC[C@H](NC(=O)OCc1ccccc1)C(=O)O.NNC(=O)NN(C(=O)OCc1ccccc1)C(=O)OCc1ccccc1. The Morgan fingerprint density at radius 2 is 1.13 bits per heavy atom. The molecule has 1 atom stereocenters. The van der Waals surface area contributed by atoms with Crippen molar-refractivity contribution in [2.24, 2.45) is 11.6 Å². The highest BCUT2D eigenvalue weighted by molar-refractivity contribution is 5.90. The summed E-state index contributed by atoms with van der Waals surface area (Å²) in [7, 11) is 0. The van der Waals surface area contributed by atoms with Crippen molar-refractivity contribution in [1.29, 1.82) is 0 Å². The van der Waals surface area contributed by atoms with E-state index < -0.39 is 36.3 Å². The minimum Gasteiger partial charge on any atom is -0.480 e. The quantitative estimate of drug-likeness (QED) is 0.0786. The zero-order valence-electron chi connectivity index (χ0n) is 24.3. The molecule has 45 heavy (non-hydrogen) atoms. The molecule has 0 aliphatic rings. The Morgan fingerprint density at radius 3 is 1.51 bits per heavy atom. The maximum Gasteiger partial charge on any atom is 0.439 e. The van der Waals surface area contributed by atoms with Crippen molar-refractivity contribution in [1.82, 2.24) is 21.2 Å². The van der Waals surface area contributed by atoms with Gasteiger partial charge in [-0.2, -0.15) is 0 Å². The summed E-state index contributed by atoms with van der Waals surface area (Å²) in [6, 6.07) is 24.9. The van der Waals surface area contributed by atoms with Gasteiger partial charge in [0, 0.05) is 0 Å². The third-order valence-corrected chi connectivity index (χ3v) is 5.62. The van der Waals surface area contributed by atoms with E-state index in [4.69, 9.17) is 30.9 Å². The number of hydrogen-bond acceptors (Lipinski definition) is 10. The minimum absolute atomic E-state index is 0.0892. The third-order valence-electron chi connectivity index (χ3n) is 5.62. The van der Waals surface area contributed by atoms with E-state index in [9.17, 15) is 24.0 Å². The highest BCUT2D eigenvalue weighted by atomic mass is 16.6. The van der Waals surface area contributed by atoms with E-state index in [1.165, 1.54) is 0 Å². The fourth-order valence-electron chi connectivity index (χ4n) is 3.35. The number of carboxylic acid groups (broad SMARTS) is 1. The van der Waals surface area contributed by atoms with Crippen molar-refractivity contribution < 1.29 is 43.3 Å². The molecule has 0 heterocycles. The number of nitrogens with zero attached hydrogens (tertiary/aromatic N) is 1. The molecule has 240 valence electrons. The molecule has 8 N–H and O–H groups in total. The molecule has 3 aromatic carbocycles. The number of carbonyl (C=O) groups excluding carboxylic acids is 4. The summed E-state index contributed by atoms with van der Waals surface area (Å²) in [5.74, 6) is 3.87. The van der Waals surface area contributed by atoms with Crippen molar-refractivity contribution in [3.63, 3.8) is 0 Å². The third kappa shape index (κ3) is 14.4. The van der Waals surface area contributed by atoms with E-state index in [-0.39, 0.29) is 26.2 Å². The molecule has 0 saturated carbocycles. The molecule has 0 aliphatic carbocycles. The van der Waals surface area contributed by atoms with Crippen LogP contribution in [0.4, 0.5) is 19.2 Å². The van der Waals surface area contributed by atoms with Gasteiger partial charge < -0.3 is 30.4 Å². The second kappa shape index (κ2) is 20.3. The van der Waals surface area contributed by atoms with Crippen LogP contribution in [0.3, 0.4) is 0 Å². The van der Waals surface area contributed by atoms with E-state index in [0.717, 1.165) is 5.56 Å². The fraction of sp³-hybridized carbons (Fsp3) is 0.233. The lowest BCUT2D eigenvalue weighted by molar-refractivity contribution is -0.139. The Labute approximate surface area is 259 Å². The molecular weight excluding hydrogens is 588 g/mol. The van der Waals surface area contributed by atoms with Crippen LogP contribution in [0.5, 0.6) is 0 Å². The van der Waals surface area contributed by atoms with Crippen LogP contribution >= 0.6 is 0 Å². The second-order valence-corrected chi connectivity index (χ2v) is 9.03. The lowest BCUT2D eigenvalue weighted by Gasteiger charge is -2.20. The highest BCUT2D eigenvalue weighted by Gasteiger charge is 2.27. The normalized spacial score (nSPS) is 10.5. The van der Waals surface area contributed by atoms with Gasteiger partial charge in [-0.05, 0) is 36.1 Å². The zero-order valence-corrected chi connectivity index (χ0v) is 24.3. The van der Waals surface area contributed by atoms with Crippen LogP contribution in [0.2, 0.25) is 0 Å². The minimum atomic E-state index is -1.12. The molecule has 5 amide bonds. The zero-order chi connectivity index (χ0) is 32.9. The topological polar surface area (TPSA) is 225 Å². The smallest absolute Gasteiger partial charge is 0.439 e. The maximum atomic E-state index is 12.1. The van der Waals surface area contributed by atoms with E-state index >= 15 is 0 Å². The molecule has 15 heteroatoms. The predicted molar refractivity (Wildman–Crippen MR) is 160 cm³/mol. The van der Waals surface area contributed by atoms with Crippen LogP contribution < -0.4 is 27.7 Å². The van der Waals surface area contributed by atoms with Gasteiger partial charge in [0.1, 0.15) is 25.9 Å². The van der Waals surface area contributed by atoms with Gasteiger partial charge in [0.05, 0.1) is 0 Å². The molecular formula is C30H36N6O9. The van der Waals surface area contributed by atoms with Crippen molar-refractivity contribution in [3.05, 3.63) is 108 Å². The first-order valence-corrected chi connectivity index (χ1v) is 13.6. The monoisotopic (exact) mass is 624 g/mol. The number of aliphatic carboxylic acids is 1. The molecule has 0 radical (unpaired) electrons. The summed E-state index contributed by atoms with van der Waals surface area (Å²) in [5.41, 5.74) is 11.3. The Bertz CT molecular complexity index is 1290. The second-order valence-electron chi connectivity index (χ2n) is 9.03. The van der Waals surface area contributed by atoms with Gasteiger partial charge in [0.25, 0.3) is 0 Å². The fourth-order valence-corrected chi connectivity index (χ4v) is 3.35. The largest absolute Gasteiger partial charge is 0.480 e. The Morgan fingerprint density at radius 1 is 0.711 bits per heavy atom. The Kier molecular flexibility index (Phi) is 16.0. The van der Waals surface area contributed by atoms with E-state index in [2.05, 4.69) is 5.32 Å². The van der Waals surface area contributed by atoms with Gasteiger partial charge >= 0.3 is 30.3 Å². The first-order valence-electron chi connectivity index (χ1n) is 13.6. The van der Waals surface area contributed by atoms with Gasteiger partial charge in [-0.25, -0.2) is 35.2 Å². The predicted octanol–water partition coefficient (Wildman–Crippen LogP) is 3.15. The number of alkyl carbamates (subject to hydrolysis) is 1. The summed E-state index contributed by atoms with van der Waals surface area (Å²) in [6.07, 6.45) is -2.17. The number of nitrogens with one attached hydrogen (secondary N) is 3. The first-order chi connectivity index (χ1) is 21.7. The molecule has 3 aromatic rings. The molecule has 0 saturated heterocycles. The number of hydrazine groups is 2. The Balaban J connectivity index is 0.000000330. The van der Waals surface area contributed by atoms with E-state index in [1.807, 2.05) is 47.9 Å². The van der Waals surface area contributed by atoms with E-state index in [1.54, 1.807) is 54.0 Å². The lowest BCUT2D eigenvalue weighted by atomic mass is 10.1. The number of rotatable bonds is 11. The van der Waals surface area contributed by atoms with Crippen LogP contribution in [0.1, 0.15) is 29.5 Å². The van der Waals surface area contributed by atoms with Crippen molar-refractivity contribution in [2.75, 3.05) is 6.54 Å². The molecule has 0 aliphatic heterocycles. The van der Waals surface area contributed by atoms with Crippen LogP contribution in [-0.4, -0.2) is 53.0 Å². The molecule has 0 aromatic heterocycles. The molecule has 0 unspecified atom stereocenters. The number of hydrogen-bond donors (Lipinski definition) is 6. The molecule has 0 spiro atoms. The highest BCUT2D eigenvalue weighted by Crippen LogP contribution is 2.06. The number of carboxylic acids is 1. The number of imide groups is 1. The van der Waals surface area contributed by atoms with Crippen molar-refractivity contribution in [3.8, 4) is 0 Å². The average Bonchev–Trinajstić information content (AvgIpc) is 3.07. The summed E-state index contributed by atoms with van der Waals surface area (Å²) in [4.78, 5) is 58.0. The van der Waals surface area contributed by atoms with Crippen molar-refractivity contribution in [2.45, 2.75) is 38.7 Å². The maximum absolute atomic E-state index is 12.1. The Hall–Kier alpha value is -5.67. The number of amides is 5. The average molecular weight is 625 g/mol. The first kappa shape index (κ1) is 35.5. The standard InChI is InChI=1S/C17H18N4O5.C13H18N2O4/c18-19-15(22)20-21(16(23)25-11-13-7-3-1-4-8-13)17(24)26-12-14-9-5-2-6-10-14;14-8-4-7-11(12(16)17)15-13(18)19-9-10-5-2-1-3-6-10/h1-10H,11-12,18H2,(H2,19,20,22);1-3,5-6,11H,4,7-9,14H2,(H,15,18)(H,16,17)/t;11-/m.0/s1. The molecule has 3 rings (SSSR count). The molecule has 0 bridgehead atoms. The summed E-state index contributed by atoms with van der Waals surface area (Å²) in [6.45, 7) is 0.308. The summed E-state index contributed by atoms with van der Waals surface area (Å²) >= 11 is 0. The number of nitrogens with two attached hydrogens (primary N) is 2. The van der Waals surface area contributed by atoms with Crippen LogP contribution in [0.15, 0.2) is 91.0 Å². The lowest BCUT2D eigenvalue weighted by Crippen LogP contribution is -2.54. The van der Waals surface area contributed by atoms with Gasteiger partial charge in [-0.3, -0.25) is 5.43 Å². The van der Waals surface area contributed by atoms with Crippen LogP contribution in [-0.2, 0) is 38.8 Å².